The molecule has 1 heterocycles. The van der Waals surface area contributed by atoms with Crippen LogP contribution >= 0.6 is 23.2 Å². The molecule has 2 rings (SSSR count). The molecule has 0 saturated carbocycles. The van der Waals surface area contributed by atoms with Gasteiger partial charge in [0.1, 0.15) is 0 Å². The van der Waals surface area contributed by atoms with Crippen LogP contribution in [0.5, 0.6) is 0 Å². The molecule has 0 spiro atoms. The van der Waals surface area contributed by atoms with E-state index in [1.54, 1.807) is 0 Å². The number of rotatable bonds is 2. The third-order valence-corrected chi connectivity index (χ3v) is 4.15. The molecular weight excluding hydrogens is 267 g/mol. The second kappa shape index (κ2) is 6.25. The van der Waals surface area contributed by atoms with Crippen molar-refractivity contribution in [2.24, 2.45) is 0 Å². The molecule has 1 saturated heterocycles. The van der Waals surface area contributed by atoms with E-state index in [4.69, 9.17) is 23.2 Å². The number of halogens is 2. The van der Waals surface area contributed by atoms with E-state index in [1.807, 2.05) is 18.2 Å². The molecule has 0 aliphatic carbocycles. The lowest BCUT2D eigenvalue weighted by molar-refractivity contribution is 0.210. The molecule has 18 heavy (non-hydrogen) atoms. The minimum absolute atomic E-state index is 0.331. The van der Waals surface area contributed by atoms with Crippen molar-refractivity contribution in [3.05, 3.63) is 33.8 Å². The van der Waals surface area contributed by atoms with Gasteiger partial charge in [-0.2, -0.15) is 0 Å². The van der Waals surface area contributed by atoms with Crippen molar-refractivity contribution < 1.29 is 0 Å². The second-order valence-electron chi connectivity index (χ2n) is 5.05. The molecule has 4 heteroatoms. The van der Waals surface area contributed by atoms with Crippen molar-refractivity contribution in [1.82, 2.24) is 10.2 Å². The molecule has 1 aliphatic rings. The Morgan fingerprint density at radius 3 is 2.89 bits per heavy atom. The lowest BCUT2D eigenvalue weighted by Gasteiger charge is -2.30. The maximum Gasteiger partial charge on any atom is 0.0468 e. The highest BCUT2D eigenvalue weighted by atomic mass is 35.5. The van der Waals surface area contributed by atoms with Crippen molar-refractivity contribution in [3.8, 4) is 0 Å². The first kappa shape index (κ1) is 14.1. The zero-order chi connectivity index (χ0) is 13.1. The number of nitrogens with zero attached hydrogens (tertiary/aromatic N) is 1. The first-order valence-corrected chi connectivity index (χ1v) is 7.26. The molecule has 0 aromatic heterocycles. The molecular formula is C14H20Cl2N2. The van der Waals surface area contributed by atoms with Crippen LogP contribution in [0, 0.1) is 0 Å². The molecule has 0 radical (unpaired) electrons. The molecule has 0 bridgehead atoms. The van der Waals surface area contributed by atoms with Gasteiger partial charge >= 0.3 is 0 Å². The minimum Gasteiger partial charge on any atom is -0.313 e. The summed E-state index contributed by atoms with van der Waals surface area (Å²) in [6.07, 6.45) is 1.18. The topological polar surface area (TPSA) is 15.3 Å². The maximum absolute atomic E-state index is 6.29. The standard InChI is InChI=1S/C14H20Cl2N2/c1-10-9-18(7-3-6-17-10)11(2)13-5-4-12(15)8-14(13)16/h4-5,8,10-11,17H,3,6-7,9H2,1-2H3. The van der Waals surface area contributed by atoms with E-state index >= 15 is 0 Å². The van der Waals surface area contributed by atoms with Crippen LogP contribution in [0.25, 0.3) is 0 Å². The van der Waals surface area contributed by atoms with Gasteiger partial charge in [-0.25, -0.2) is 0 Å². The third-order valence-electron chi connectivity index (χ3n) is 3.58. The lowest BCUT2D eigenvalue weighted by Crippen LogP contribution is -2.36. The molecule has 1 aliphatic heterocycles. The van der Waals surface area contributed by atoms with Gasteiger partial charge in [0.2, 0.25) is 0 Å². The summed E-state index contributed by atoms with van der Waals surface area (Å²) in [6.45, 7) is 7.71. The Kier molecular flexibility index (Phi) is 4.91. The molecule has 1 aromatic rings. The first-order valence-electron chi connectivity index (χ1n) is 6.50. The molecule has 100 valence electrons. The Morgan fingerprint density at radius 1 is 1.39 bits per heavy atom. The maximum atomic E-state index is 6.29. The SMILES string of the molecule is CC1CN(C(C)c2ccc(Cl)cc2Cl)CCCN1. The highest BCUT2D eigenvalue weighted by molar-refractivity contribution is 6.35. The van der Waals surface area contributed by atoms with Crippen LogP contribution in [-0.4, -0.2) is 30.6 Å². The first-order chi connectivity index (χ1) is 8.58. The second-order valence-corrected chi connectivity index (χ2v) is 5.89. The summed E-state index contributed by atoms with van der Waals surface area (Å²) in [5.41, 5.74) is 1.16. The molecule has 1 fully saturated rings. The molecule has 1 N–H and O–H groups in total. The van der Waals surface area contributed by atoms with Crippen LogP contribution in [-0.2, 0) is 0 Å². The van der Waals surface area contributed by atoms with Crippen molar-refractivity contribution >= 4 is 23.2 Å². The van der Waals surface area contributed by atoms with E-state index in [2.05, 4.69) is 24.1 Å². The number of hydrogen-bond acceptors (Lipinski definition) is 2. The van der Waals surface area contributed by atoms with E-state index in [-0.39, 0.29) is 0 Å². The van der Waals surface area contributed by atoms with Crippen molar-refractivity contribution in [1.29, 1.82) is 0 Å². The third kappa shape index (κ3) is 3.39. The van der Waals surface area contributed by atoms with Gasteiger partial charge in [-0.15, -0.1) is 0 Å². The van der Waals surface area contributed by atoms with E-state index < -0.39 is 0 Å². The van der Waals surface area contributed by atoms with Gasteiger partial charge in [-0.1, -0.05) is 29.3 Å². The van der Waals surface area contributed by atoms with Gasteiger partial charge in [0.15, 0.2) is 0 Å². The number of benzene rings is 1. The fourth-order valence-corrected chi connectivity index (χ4v) is 3.09. The highest BCUT2D eigenvalue weighted by Crippen LogP contribution is 2.30. The fraction of sp³-hybridized carbons (Fsp3) is 0.571. The van der Waals surface area contributed by atoms with Gasteiger partial charge in [-0.05, 0) is 44.5 Å². The normalized spacial score (nSPS) is 23.7. The Balaban J connectivity index is 2.16. The van der Waals surface area contributed by atoms with Crippen LogP contribution in [0.3, 0.4) is 0 Å². The van der Waals surface area contributed by atoms with Crippen molar-refractivity contribution in [2.45, 2.75) is 32.4 Å². The summed E-state index contributed by atoms with van der Waals surface area (Å²) in [7, 11) is 0. The van der Waals surface area contributed by atoms with E-state index in [0.717, 1.165) is 30.2 Å². The van der Waals surface area contributed by atoms with Gasteiger partial charge in [0.25, 0.3) is 0 Å². The predicted molar refractivity (Wildman–Crippen MR) is 78.5 cm³/mol. The van der Waals surface area contributed by atoms with Crippen LogP contribution in [0.2, 0.25) is 10.0 Å². The molecule has 0 amide bonds. The molecule has 2 nitrogen and oxygen atoms in total. The lowest BCUT2D eigenvalue weighted by atomic mass is 10.1. The number of hydrogen-bond donors (Lipinski definition) is 1. The van der Waals surface area contributed by atoms with Gasteiger partial charge in [0, 0.05) is 35.2 Å². The van der Waals surface area contributed by atoms with Gasteiger partial charge < -0.3 is 5.32 Å². The molecule has 2 atom stereocenters. The van der Waals surface area contributed by atoms with Crippen molar-refractivity contribution in [3.63, 3.8) is 0 Å². The van der Waals surface area contributed by atoms with Crippen LogP contribution < -0.4 is 5.32 Å². The quantitative estimate of drug-likeness (QED) is 0.891. The average molecular weight is 287 g/mol. The predicted octanol–water partition coefficient (Wildman–Crippen LogP) is 3.74. The Morgan fingerprint density at radius 2 is 2.17 bits per heavy atom. The summed E-state index contributed by atoms with van der Waals surface area (Å²) in [4.78, 5) is 2.49. The minimum atomic E-state index is 0.331. The zero-order valence-electron chi connectivity index (χ0n) is 10.9. The van der Waals surface area contributed by atoms with E-state index in [1.165, 1.54) is 6.42 Å². The molecule has 2 unspecified atom stereocenters. The van der Waals surface area contributed by atoms with Gasteiger partial charge in [0.05, 0.1) is 0 Å². The van der Waals surface area contributed by atoms with Crippen LogP contribution in [0.1, 0.15) is 31.9 Å². The van der Waals surface area contributed by atoms with E-state index in [0.29, 0.717) is 17.1 Å². The monoisotopic (exact) mass is 286 g/mol. The van der Waals surface area contributed by atoms with Crippen LogP contribution in [0.4, 0.5) is 0 Å². The Hall–Kier alpha value is -0.280. The summed E-state index contributed by atoms with van der Waals surface area (Å²) in [5, 5.41) is 4.97. The Bertz CT molecular complexity index is 409. The summed E-state index contributed by atoms with van der Waals surface area (Å²) in [6, 6.07) is 6.64. The Labute approximate surface area is 119 Å². The highest BCUT2D eigenvalue weighted by Gasteiger charge is 2.21. The van der Waals surface area contributed by atoms with E-state index in [9.17, 15) is 0 Å². The average Bonchev–Trinajstić information content (AvgIpc) is 2.53. The zero-order valence-corrected chi connectivity index (χ0v) is 12.4. The largest absolute Gasteiger partial charge is 0.313 e. The number of nitrogens with one attached hydrogen (secondary N) is 1. The summed E-state index contributed by atoms with van der Waals surface area (Å²) >= 11 is 12.2. The van der Waals surface area contributed by atoms with Gasteiger partial charge in [-0.3, -0.25) is 4.90 Å². The molecule has 1 aromatic carbocycles. The smallest absolute Gasteiger partial charge is 0.0468 e. The fourth-order valence-electron chi connectivity index (χ4n) is 2.53. The van der Waals surface area contributed by atoms with Crippen LogP contribution in [0.15, 0.2) is 18.2 Å². The van der Waals surface area contributed by atoms with Crippen molar-refractivity contribution in [2.75, 3.05) is 19.6 Å². The summed E-state index contributed by atoms with van der Waals surface area (Å²) in [5.74, 6) is 0. The summed E-state index contributed by atoms with van der Waals surface area (Å²) < 4.78 is 0.